The van der Waals surface area contributed by atoms with Crippen molar-refractivity contribution < 1.29 is 4.74 Å². The molecule has 3 N–H and O–H groups in total. The summed E-state index contributed by atoms with van der Waals surface area (Å²) in [5.41, 5.74) is 9.48. The molecule has 5 nitrogen and oxygen atoms in total. The summed E-state index contributed by atoms with van der Waals surface area (Å²) >= 11 is 0. The molecule has 0 aliphatic heterocycles. The van der Waals surface area contributed by atoms with Gasteiger partial charge < -0.3 is 15.8 Å². The molecule has 3 aromatic rings. The van der Waals surface area contributed by atoms with Crippen molar-refractivity contribution in [1.82, 2.24) is 9.97 Å². The third-order valence-corrected chi connectivity index (χ3v) is 3.51. The maximum absolute atomic E-state index is 5.87. The van der Waals surface area contributed by atoms with Crippen molar-refractivity contribution in [2.45, 2.75) is 13.8 Å². The van der Waals surface area contributed by atoms with Crippen LogP contribution in [0.3, 0.4) is 0 Å². The Morgan fingerprint density at radius 1 is 1.08 bits per heavy atom. The number of nitrogens with two attached hydrogens (primary N) is 1. The van der Waals surface area contributed by atoms with E-state index in [0.717, 1.165) is 28.3 Å². The second kappa shape index (κ2) is 7.00. The zero-order valence-electron chi connectivity index (χ0n) is 13.8. The largest absolute Gasteiger partial charge is 0.490 e. The maximum atomic E-state index is 5.87. The molecular weight excluding hydrogens is 300 g/mol. The Kier molecular flexibility index (Phi) is 4.61. The Morgan fingerprint density at radius 2 is 1.92 bits per heavy atom. The number of hydrogen-bond acceptors (Lipinski definition) is 5. The fraction of sp³-hybridized carbons (Fsp3) is 0.158. The summed E-state index contributed by atoms with van der Waals surface area (Å²) in [6.07, 6.45) is 1.80. The van der Waals surface area contributed by atoms with Gasteiger partial charge in [0.1, 0.15) is 5.82 Å². The molecule has 0 saturated carbocycles. The van der Waals surface area contributed by atoms with E-state index in [2.05, 4.69) is 15.3 Å². The van der Waals surface area contributed by atoms with Crippen LogP contribution >= 0.6 is 0 Å². The van der Waals surface area contributed by atoms with Gasteiger partial charge >= 0.3 is 0 Å². The number of ether oxygens (including phenoxy) is 1. The molecule has 122 valence electrons. The van der Waals surface area contributed by atoms with Gasteiger partial charge in [0.2, 0.25) is 0 Å². The highest BCUT2D eigenvalue weighted by molar-refractivity contribution is 5.71. The van der Waals surface area contributed by atoms with Gasteiger partial charge in [-0.1, -0.05) is 18.2 Å². The molecule has 0 aliphatic carbocycles. The van der Waals surface area contributed by atoms with E-state index in [1.807, 2.05) is 62.4 Å². The monoisotopic (exact) mass is 320 g/mol. The first-order chi connectivity index (χ1) is 11.7. The normalized spacial score (nSPS) is 10.4. The quantitative estimate of drug-likeness (QED) is 0.690. The molecule has 5 heteroatoms. The lowest BCUT2D eigenvalue weighted by Gasteiger charge is -2.13. The summed E-state index contributed by atoms with van der Waals surface area (Å²) < 4.78 is 5.75. The number of rotatable bonds is 5. The van der Waals surface area contributed by atoms with Gasteiger partial charge in [-0.3, -0.25) is 0 Å². The highest BCUT2D eigenvalue weighted by atomic mass is 16.5. The number of pyridine rings is 2. The van der Waals surface area contributed by atoms with Gasteiger partial charge in [-0.15, -0.1) is 0 Å². The van der Waals surface area contributed by atoms with E-state index >= 15 is 0 Å². The van der Waals surface area contributed by atoms with Crippen LogP contribution in [0.5, 0.6) is 5.75 Å². The highest BCUT2D eigenvalue weighted by Gasteiger charge is 2.09. The van der Waals surface area contributed by atoms with Crippen molar-refractivity contribution in [1.29, 1.82) is 0 Å². The molecule has 0 saturated heterocycles. The van der Waals surface area contributed by atoms with Gasteiger partial charge in [0, 0.05) is 23.1 Å². The third kappa shape index (κ3) is 3.63. The lowest BCUT2D eigenvalue weighted by atomic mass is 10.1. The second-order valence-corrected chi connectivity index (χ2v) is 5.42. The van der Waals surface area contributed by atoms with Crippen molar-refractivity contribution in [3.63, 3.8) is 0 Å². The fourth-order valence-corrected chi connectivity index (χ4v) is 2.41. The second-order valence-electron chi connectivity index (χ2n) is 5.42. The van der Waals surface area contributed by atoms with Crippen LogP contribution in [0.4, 0.5) is 17.3 Å². The van der Waals surface area contributed by atoms with Crippen molar-refractivity contribution in [2.75, 3.05) is 17.7 Å². The van der Waals surface area contributed by atoms with Crippen LogP contribution in [-0.2, 0) is 0 Å². The van der Waals surface area contributed by atoms with E-state index in [4.69, 9.17) is 10.5 Å². The van der Waals surface area contributed by atoms with E-state index in [-0.39, 0.29) is 0 Å². The molecular formula is C19H20N4O. The predicted octanol–water partition coefficient (Wildman–Crippen LogP) is 4.18. The molecule has 1 aromatic carbocycles. The first-order valence-electron chi connectivity index (χ1n) is 7.85. The fourth-order valence-electron chi connectivity index (χ4n) is 2.41. The first-order valence-corrected chi connectivity index (χ1v) is 7.85. The summed E-state index contributed by atoms with van der Waals surface area (Å²) in [6.45, 7) is 4.45. The lowest BCUT2D eigenvalue weighted by molar-refractivity contribution is 0.341. The van der Waals surface area contributed by atoms with Crippen LogP contribution in [0.2, 0.25) is 0 Å². The zero-order chi connectivity index (χ0) is 16.9. The van der Waals surface area contributed by atoms with Crippen LogP contribution in [0.1, 0.15) is 12.6 Å². The van der Waals surface area contributed by atoms with Gasteiger partial charge in [0.25, 0.3) is 0 Å². The summed E-state index contributed by atoms with van der Waals surface area (Å²) in [6, 6.07) is 15.5. The molecule has 0 aliphatic rings. The number of aromatic nitrogens is 2. The van der Waals surface area contributed by atoms with Crippen LogP contribution in [0, 0.1) is 6.92 Å². The SMILES string of the molecule is CCOc1cc(-c2cccc(N)c2)cnc1Nc1cccc(C)n1. The Morgan fingerprint density at radius 3 is 2.67 bits per heavy atom. The summed E-state index contributed by atoms with van der Waals surface area (Å²) in [5, 5.41) is 3.22. The van der Waals surface area contributed by atoms with Crippen LogP contribution in [0.15, 0.2) is 54.7 Å². The molecule has 3 rings (SSSR count). The van der Waals surface area contributed by atoms with Gasteiger partial charge in [0.15, 0.2) is 11.6 Å². The molecule has 0 spiro atoms. The van der Waals surface area contributed by atoms with Crippen molar-refractivity contribution in [2.24, 2.45) is 0 Å². The number of nitrogen functional groups attached to an aromatic ring is 1. The van der Waals surface area contributed by atoms with Gasteiger partial charge in [-0.2, -0.15) is 0 Å². The van der Waals surface area contributed by atoms with Crippen molar-refractivity contribution >= 4 is 17.3 Å². The summed E-state index contributed by atoms with van der Waals surface area (Å²) in [7, 11) is 0. The first kappa shape index (κ1) is 15.8. The summed E-state index contributed by atoms with van der Waals surface area (Å²) in [5.74, 6) is 2.06. The number of anilines is 3. The molecule has 0 amide bonds. The van der Waals surface area contributed by atoms with E-state index < -0.39 is 0 Å². The number of hydrogen-bond donors (Lipinski definition) is 2. The Hall–Kier alpha value is -3.08. The molecule has 0 unspecified atom stereocenters. The summed E-state index contributed by atoms with van der Waals surface area (Å²) in [4.78, 5) is 8.95. The Balaban J connectivity index is 1.95. The molecule has 0 bridgehead atoms. The minimum absolute atomic E-state index is 0.554. The van der Waals surface area contributed by atoms with Gasteiger partial charge in [-0.05, 0) is 49.7 Å². The third-order valence-electron chi connectivity index (χ3n) is 3.51. The topological polar surface area (TPSA) is 73.1 Å². The highest BCUT2D eigenvalue weighted by Crippen LogP contribution is 2.31. The maximum Gasteiger partial charge on any atom is 0.174 e. The van der Waals surface area contributed by atoms with E-state index in [9.17, 15) is 0 Å². The zero-order valence-corrected chi connectivity index (χ0v) is 13.8. The number of nitrogens with zero attached hydrogens (tertiary/aromatic N) is 2. The molecule has 24 heavy (non-hydrogen) atoms. The van der Waals surface area contributed by atoms with E-state index in [1.165, 1.54) is 0 Å². The van der Waals surface area contributed by atoms with Gasteiger partial charge in [0.05, 0.1) is 6.61 Å². The molecule has 2 aromatic heterocycles. The van der Waals surface area contributed by atoms with Crippen LogP contribution < -0.4 is 15.8 Å². The van der Waals surface area contributed by atoms with E-state index in [1.54, 1.807) is 6.20 Å². The van der Waals surface area contributed by atoms with Crippen LogP contribution in [0.25, 0.3) is 11.1 Å². The standard InChI is InChI=1S/C19H20N4O/c1-3-24-17-11-15(14-7-5-8-16(20)10-14)12-21-19(17)23-18-9-4-6-13(2)22-18/h4-12H,3,20H2,1-2H3,(H,21,22,23). The van der Waals surface area contributed by atoms with Gasteiger partial charge in [-0.25, -0.2) is 9.97 Å². The van der Waals surface area contributed by atoms with Crippen LogP contribution in [-0.4, -0.2) is 16.6 Å². The number of aryl methyl sites for hydroxylation is 1. The molecule has 2 heterocycles. The Labute approximate surface area is 141 Å². The molecule has 0 fully saturated rings. The van der Waals surface area contributed by atoms with Crippen molar-refractivity contribution in [3.8, 4) is 16.9 Å². The minimum atomic E-state index is 0.554. The lowest BCUT2D eigenvalue weighted by Crippen LogP contribution is -2.02. The smallest absolute Gasteiger partial charge is 0.174 e. The van der Waals surface area contributed by atoms with Crippen molar-refractivity contribution in [3.05, 3.63) is 60.4 Å². The molecule has 0 atom stereocenters. The average Bonchev–Trinajstić information content (AvgIpc) is 2.57. The Bertz CT molecular complexity index is 848. The number of nitrogens with one attached hydrogen (secondary N) is 1. The average molecular weight is 320 g/mol. The van der Waals surface area contributed by atoms with E-state index in [0.29, 0.717) is 18.2 Å². The molecule has 0 radical (unpaired) electrons. The number of benzene rings is 1. The predicted molar refractivity (Wildman–Crippen MR) is 97.5 cm³/mol. The minimum Gasteiger partial charge on any atom is -0.490 e.